The Bertz CT molecular complexity index is 1260. The third kappa shape index (κ3) is 4.35. The first-order valence-electron chi connectivity index (χ1n) is 15.0. The van der Waals surface area contributed by atoms with Gasteiger partial charge in [0.1, 0.15) is 17.6 Å². The molecule has 4 aliphatic rings. The first-order valence-corrected chi connectivity index (χ1v) is 15.0. The second kappa shape index (κ2) is 9.57. The van der Waals surface area contributed by atoms with Crippen molar-refractivity contribution in [1.82, 2.24) is 15.0 Å². The molecule has 2 aromatic rings. The SMILES string of the molecule is CC(C)OC[C@]12CC[C@@](C)(O)C[C@H]1CC[C@H]1[C@@H]3CC[C@H](C(=O)Cn4nnc5ccc(F)c(F)c54)C3(C)CC[C@@H]12. The highest BCUT2D eigenvalue weighted by Gasteiger charge is 2.63. The van der Waals surface area contributed by atoms with Crippen LogP contribution >= 0.6 is 0 Å². The van der Waals surface area contributed by atoms with Gasteiger partial charge in [0.2, 0.25) is 0 Å². The van der Waals surface area contributed by atoms with Crippen molar-refractivity contribution in [1.29, 1.82) is 0 Å². The van der Waals surface area contributed by atoms with Crippen molar-refractivity contribution in [3.63, 3.8) is 0 Å². The van der Waals surface area contributed by atoms with Crippen LogP contribution in [-0.4, -0.2) is 44.2 Å². The van der Waals surface area contributed by atoms with Crippen LogP contribution in [0.5, 0.6) is 0 Å². The Labute approximate surface area is 229 Å². The summed E-state index contributed by atoms with van der Waals surface area (Å²) in [6.45, 7) is 9.19. The van der Waals surface area contributed by atoms with Gasteiger partial charge in [-0.05, 0) is 125 Å². The van der Waals surface area contributed by atoms with E-state index in [0.29, 0.717) is 23.7 Å². The van der Waals surface area contributed by atoms with E-state index in [1.807, 2.05) is 6.92 Å². The van der Waals surface area contributed by atoms with Crippen LogP contribution in [-0.2, 0) is 16.1 Å². The van der Waals surface area contributed by atoms with Crippen LogP contribution in [0.2, 0.25) is 0 Å². The molecule has 214 valence electrons. The lowest BCUT2D eigenvalue weighted by Crippen LogP contribution is -2.58. The van der Waals surface area contributed by atoms with Crippen molar-refractivity contribution in [2.75, 3.05) is 6.61 Å². The molecule has 39 heavy (non-hydrogen) atoms. The standard InChI is InChI=1S/C31H43F2N3O3/c1-18(2)39-17-31-14-13-29(3,38)15-19(31)5-6-20-21-7-8-23(30(21,4)12-11-22(20)31)26(37)16-36-28-25(34-35-36)10-9-24(32)27(28)33/h9-10,18-23,38H,5-8,11-17H2,1-4H3/t19-,20+,21+,22+,23-,29-,30?,31-/m1/s1. The molecule has 6 nitrogen and oxygen atoms in total. The molecule has 8 heteroatoms. The summed E-state index contributed by atoms with van der Waals surface area (Å²) in [5.74, 6) is 0.00995. The van der Waals surface area contributed by atoms with Crippen LogP contribution in [0.1, 0.15) is 85.5 Å². The van der Waals surface area contributed by atoms with Gasteiger partial charge in [0.05, 0.1) is 18.3 Å². The Morgan fingerprint density at radius 2 is 1.90 bits per heavy atom. The van der Waals surface area contributed by atoms with E-state index in [4.69, 9.17) is 4.74 Å². The zero-order valence-corrected chi connectivity index (χ0v) is 23.8. The lowest BCUT2D eigenvalue weighted by Gasteiger charge is -2.62. The lowest BCUT2D eigenvalue weighted by molar-refractivity contribution is -0.183. The van der Waals surface area contributed by atoms with Crippen molar-refractivity contribution in [2.45, 2.75) is 104 Å². The predicted molar refractivity (Wildman–Crippen MR) is 144 cm³/mol. The van der Waals surface area contributed by atoms with E-state index in [9.17, 15) is 18.7 Å². The molecule has 4 fully saturated rings. The number of halogens is 2. The van der Waals surface area contributed by atoms with Gasteiger partial charge in [0.25, 0.3) is 0 Å². The number of ether oxygens (including phenoxy) is 1. The molecule has 1 aromatic carbocycles. The zero-order valence-electron chi connectivity index (χ0n) is 23.8. The molecule has 0 saturated heterocycles. The second-order valence-corrected chi connectivity index (χ2v) is 14.1. The molecule has 0 amide bonds. The average Bonchev–Trinajstić information content (AvgIpc) is 3.45. The zero-order chi connectivity index (χ0) is 27.7. The second-order valence-electron chi connectivity index (χ2n) is 14.1. The maximum Gasteiger partial charge on any atom is 0.186 e. The molecule has 1 unspecified atom stereocenters. The number of ketones is 1. The molecule has 0 spiro atoms. The Kier molecular flexibility index (Phi) is 6.69. The predicted octanol–water partition coefficient (Wildman–Crippen LogP) is 6.09. The van der Waals surface area contributed by atoms with Crippen LogP contribution < -0.4 is 0 Å². The first-order chi connectivity index (χ1) is 18.4. The van der Waals surface area contributed by atoms with Crippen LogP contribution in [0.4, 0.5) is 8.78 Å². The summed E-state index contributed by atoms with van der Waals surface area (Å²) in [5.41, 5.74) is -0.382. The molecular weight excluding hydrogens is 500 g/mol. The normalized spacial score (nSPS) is 39.9. The Morgan fingerprint density at radius 3 is 2.67 bits per heavy atom. The van der Waals surface area contributed by atoms with E-state index < -0.39 is 17.2 Å². The number of rotatable bonds is 6. The van der Waals surface area contributed by atoms with Gasteiger partial charge < -0.3 is 9.84 Å². The van der Waals surface area contributed by atoms with E-state index in [0.717, 1.165) is 70.5 Å². The fourth-order valence-electron chi connectivity index (χ4n) is 9.74. The molecule has 8 atom stereocenters. The molecule has 6 rings (SSSR count). The Hall–Kier alpha value is -1.93. The van der Waals surface area contributed by atoms with Gasteiger partial charge in [-0.1, -0.05) is 12.1 Å². The number of aliphatic hydroxyl groups is 1. The molecule has 1 aromatic heterocycles. The summed E-state index contributed by atoms with van der Waals surface area (Å²) in [6, 6.07) is 2.44. The number of carbonyl (C=O) groups excluding carboxylic acids is 1. The first kappa shape index (κ1) is 27.3. The van der Waals surface area contributed by atoms with Gasteiger partial charge >= 0.3 is 0 Å². The van der Waals surface area contributed by atoms with Gasteiger partial charge in [0.15, 0.2) is 17.4 Å². The maximum absolute atomic E-state index is 14.6. The Morgan fingerprint density at radius 1 is 1.10 bits per heavy atom. The van der Waals surface area contributed by atoms with E-state index in [2.05, 4.69) is 31.1 Å². The minimum atomic E-state index is -1.00. The number of fused-ring (bicyclic) bond motifs is 6. The summed E-state index contributed by atoms with van der Waals surface area (Å²) >= 11 is 0. The third-order valence-electron chi connectivity index (χ3n) is 11.6. The minimum Gasteiger partial charge on any atom is -0.390 e. The summed E-state index contributed by atoms with van der Waals surface area (Å²) in [6.07, 6.45) is 9.04. The summed E-state index contributed by atoms with van der Waals surface area (Å²) in [4.78, 5) is 13.8. The van der Waals surface area contributed by atoms with Crippen LogP contribution in [0.15, 0.2) is 12.1 Å². The fourth-order valence-corrected chi connectivity index (χ4v) is 9.74. The lowest BCUT2D eigenvalue weighted by atomic mass is 9.43. The molecule has 0 radical (unpaired) electrons. The van der Waals surface area contributed by atoms with Gasteiger partial charge in [0, 0.05) is 5.92 Å². The molecule has 1 heterocycles. The van der Waals surface area contributed by atoms with E-state index in [1.54, 1.807) is 0 Å². The molecule has 1 N–H and O–H groups in total. The summed E-state index contributed by atoms with van der Waals surface area (Å²) in [5, 5.41) is 18.9. The highest BCUT2D eigenvalue weighted by atomic mass is 19.2. The number of benzene rings is 1. The van der Waals surface area contributed by atoms with Crippen molar-refractivity contribution in [3.05, 3.63) is 23.8 Å². The van der Waals surface area contributed by atoms with Crippen molar-refractivity contribution < 1.29 is 23.4 Å². The van der Waals surface area contributed by atoms with E-state index in [1.165, 1.54) is 10.7 Å². The number of Topliss-reactive ketones (excluding diaryl/α,β-unsaturated/α-hetero) is 1. The molecule has 4 saturated carbocycles. The summed E-state index contributed by atoms with van der Waals surface area (Å²) < 4.78 is 36.1. The topological polar surface area (TPSA) is 77.2 Å². The van der Waals surface area contributed by atoms with Crippen molar-refractivity contribution in [3.8, 4) is 0 Å². The minimum absolute atomic E-state index is 0.0367. The highest BCUT2D eigenvalue weighted by Crippen LogP contribution is 2.68. The molecular formula is C31H43F2N3O3. The number of nitrogens with zero attached hydrogens (tertiary/aromatic N) is 3. The largest absolute Gasteiger partial charge is 0.390 e. The monoisotopic (exact) mass is 543 g/mol. The third-order valence-corrected chi connectivity index (χ3v) is 11.6. The van der Waals surface area contributed by atoms with Crippen LogP contribution in [0.25, 0.3) is 11.0 Å². The van der Waals surface area contributed by atoms with Gasteiger partial charge in [-0.3, -0.25) is 4.79 Å². The fraction of sp³-hybridized carbons (Fsp3) is 0.774. The van der Waals surface area contributed by atoms with Crippen molar-refractivity contribution in [2.24, 2.45) is 40.4 Å². The van der Waals surface area contributed by atoms with Crippen LogP contribution in [0, 0.1) is 52.1 Å². The van der Waals surface area contributed by atoms with Crippen LogP contribution in [0.3, 0.4) is 0 Å². The molecule has 0 bridgehead atoms. The average molecular weight is 544 g/mol. The number of hydrogen-bond acceptors (Lipinski definition) is 5. The van der Waals surface area contributed by atoms with Gasteiger partial charge in [-0.15, -0.1) is 5.10 Å². The molecule has 0 aliphatic heterocycles. The molecule has 4 aliphatic carbocycles. The van der Waals surface area contributed by atoms with E-state index in [-0.39, 0.29) is 46.2 Å². The van der Waals surface area contributed by atoms with E-state index >= 15 is 0 Å². The number of carbonyl (C=O) groups is 1. The Balaban J connectivity index is 1.25. The summed E-state index contributed by atoms with van der Waals surface area (Å²) in [7, 11) is 0. The van der Waals surface area contributed by atoms with Gasteiger partial charge in [-0.2, -0.15) is 0 Å². The quantitative estimate of drug-likeness (QED) is 0.477. The van der Waals surface area contributed by atoms with Gasteiger partial charge in [-0.25, -0.2) is 13.5 Å². The number of aromatic nitrogens is 3. The maximum atomic E-state index is 14.6. The smallest absolute Gasteiger partial charge is 0.186 e. The number of hydrogen-bond donors (Lipinski definition) is 1. The van der Waals surface area contributed by atoms with Crippen molar-refractivity contribution >= 4 is 16.8 Å². The highest BCUT2D eigenvalue weighted by molar-refractivity contribution is 5.84.